The molecular weight excluding hydrogens is 254 g/mol. The molecule has 0 spiro atoms. The molecule has 0 bridgehead atoms. The lowest BCUT2D eigenvalue weighted by molar-refractivity contribution is 0.265. The maximum atomic E-state index is 5.69. The van der Waals surface area contributed by atoms with Gasteiger partial charge in [0, 0.05) is 12.5 Å². The second kappa shape index (κ2) is 6.22. The number of thiophene rings is 1. The van der Waals surface area contributed by atoms with Crippen LogP contribution in [0.25, 0.3) is 0 Å². The van der Waals surface area contributed by atoms with Crippen LogP contribution in [0.3, 0.4) is 0 Å². The Hall–Kier alpha value is -1.32. The van der Waals surface area contributed by atoms with E-state index in [4.69, 9.17) is 4.74 Å². The molecule has 1 aliphatic heterocycles. The molecule has 1 aromatic heterocycles. The van der Waals surface area contributed by atoms with Crippen LogP contribution < -0.4 is 10.1 Å². The minimum atomic E-state index is 0.590. The fourth-order valence-corrected chi connectivity index (χ4v) is 3.27. The first-order valence-electron chi connectivity index (χ1n) is 6.87. The fraction of sp³-hybridized carbons (Fsp3) is 0.375. The van der Waals surface area contributed by atoms with E-state index in [0.717, 1.165) is 38.3 Å². The molecule has 0 aliphatic carbocycles. The van der Waals surface area contributed by atoms with Crippen molar-refractivity contribution in [2.24, 2.45) is 0 Å². The average molecular weight is 273 g/mol. The Morgan fingerprint density at radius 2 is 2.21 bits per heavy atom. The largest absolute Gasteiger partial charge is 0.493 e. The van der Waals surface area contributed by atoms with Crippen LogP contribution in [0.1, 0.15) is 23.5 Å². The number of nitrogens with one attached hydrogen (secondary N) is 1. The Kier molecular flexibility index (Phi) is 4.16. The van der Waals surface area contributed by atoms with Gasteiger partial charge in [0.15, 0.2) is 0 Å². The van der Waals surface area contributed by atoms with Crippen molar-refractivity contribution in [1.82, 2.24) is 5.32 Å². The van der Waals surface area contributed by atoms with Gasteiger partial charge in [-0.15, -0.1) is 0 Å². The first kappa shape index (κ1) is 12.7. The molecule has 3 heteroatoms. The Balaban J connectivity index is 1.51. The van der Waals surface area contributed by atoms with Crippen LogP contribution in [0.15, 0.2) is 41.1 Å². The van der Waals surface area contributed by atoms with Crippen molar-refractivity contribution < 1.29 is 4.74 Å². The summed E-state index contributed by atoms with van der Waals surface area (Å²) in [5, 5.41) is 7.95. The third-order valence-corrected chi connectivity index (χ3v) is 4.38. The molecule has 1 aromatic carbocycles. The minimum Gasteiger partial charge on any atom is -0.493 e. The molecule has 0 amide bonds. The van der Waals surface area contributed by atoms with Gasteiger partial charge in [0.05, 0.1) is 6.61 Å². The summed E-state index contributed by atoms with van der Waals surface area (Å²) in [4.78, 5) is 0. The van der Waals surface area contributed by atoms with E-state index in [2.05, 4.69) is 40.3 Å². The van der Waals surface area contributed by atoms with E-state index in [1.54, 1.807) is 11.3 Å². The lowest BCUT2D eigenvalue weighted by atomic mass is 9.93. The van der Waals surface area contributed by atoms with Gasteiger partial charge in [0.1, 0.15) is 5.75 Å². The zero-order valence-electron chi connectivity index (χ0n) is 11.0. The number of benzene rings is 1. The summed E-state index contributed by atoms with van der Waals surface area (Å²) in [7, 11) is 0. The Bertz CT molecular complexity index is 509. The van der Waals surface area contributed by atoms with Crippen molar-refractivity contribution in [2.45, 2.75) is 18.8 Å². The number of hydrogen-bond acceptors (Lipinski definition) is 3. The van der Waals surface area contributed by atoms with Gasteiger partial charge in [0.25, 0.3) is 0 Å². The van der Waals surface area contributed by atoms with Crippen LogP contribution in [0.2, 0.25) is 0 Å². The Morgan fingerprint density at radius 3 is 3.11 bits per heavy atom. The molecule has 0 radical (unpaired) electrons. The van der Waals surface area contributed by atoms with E-state index in [1.165, 1.54) is 11.1 Å². The third-order valence-electron chi connectivity index (χ3n) is 3.64. The lowest BCUT2D eigenvalue weighted by Gasteiger charge is -2.26. The topological polar surface area (TPSA) is 21.3 Å². The van der Waals surface area contributed by atoms with E-state index in [9.17, 15) is 0 Å². The van der Waals surface area contributed by atoms with Gasteiger partial charge in [-0.05, 0) is 53.4 Å². The zero-order chi connectivity index (χ0) is 12.9. The second-order valence-corrected chi connectivity index (χ2v) is 5.74. The predicted molar refractivity (Wildman–Crippen MR) is 80.2 cm³/mol. The summed E-state index contributed by atoms with van der Waals surface area (Å²) in [6, 6.07) is 10.6. The van der Waals surface area contributed by atoms with Crippen molar-refractivity contribution in [3.05, 3.63) is 52.2 Å². The number of rotatable bonds is 5. The van der Waals surface area contributed by atoms with Crippen LogP contribution in [0.4, 0.5) is 0 Å². The van der Waals surface area contributed by atoms with Crippen LogP contribution in [-0.4, -0.2) is 19.7 Å². The van der Waals surface area contributed by atoms with Crippen molar-refractivity contribution in [2.75, 3.05) is 19.7 Å². The molecule has 2 nitrogen and oxygen atoms in total. The molecule has 19 heavy (non-hydrogen) atoms. The van der Waals surface area contributed by atoms with Gasteiger partial charge in [-0.2, -0.15) is 11.3 Å². The minimum absolute atomic E-state index is 0.590. The highest BCUT2D eigenvalue weighted by atomic mass is 32.1. The molecule has 3 rings (SSSR count). The molecule has 1 atom stereocenters. The standard InChI is InChI=1S/C16H19NOS/c1-2-4-16-15(3-1)14(6-9-18-16)11-17-8-5-13-7-10-19-12-13/h1-4,7,10,12,14,17H,5-6,8-9,11H2. The second-order valence-electron chi connectivity index (χ2n) is 4.96. The van der Waals surface area contributed by atoms with Gasteiger partial charge in [-0.25, -0.2) is 0 Å². The van der Waals surface area contributed by atoms with Crippen LogP contribution >= 0.6 is 11.3 Å². The third kappa shape index (κ3) is 3.17. The van der Waals surface area contributed by atoms with Crippen molar-refractivity contribution >= 4 is 11.3 Å². The highest BCUT2D eigenvalue weighted by Gasteiger charge is 2.20. The van der Waals surface area contributed by atoms with Crippen molar-refractivity contribution in [3.8, 4) is 5.75 Å². The molecule has 1 aliphatic rings. The summed E-state index contributed by atoms with van der Waals surface area (Å²) in [5.41, 5.74) is 2.79. The number of ether oxygens (including phenoxy) is 1. The summed E-state index contributed by atoms with van der Waals surface area (Å²) in [6.45, 7) is 2.94. The molecule has 0 fully saturated rings. The van der Waals surface area contributed by atoms with Gasteiger partial charge in [0.2, 0.25) is 0 Å². The highest BCUT2D eigenvalue weighted by Crippen LogP contribution is 2.32. The number of hydrogen-bond donors (Lipinski definition) is 1. The van der Waals surface area contributed by atoms with Crippen LogP contribution in [0, 0.1) is 0 Å². The van der Waals surface area contributed by atoms with Crippen LogP contribution in [0.5, 0.6) is 5.75 Å². The number of para-hydroxylation sites is 1. The van der Waals surface area contributed by atoms with Gasteiger partial charge >= 0.3 is 0 Å². The summed E-state index contributed by atoms with van der Waals surface area (Å²) < 4.78 is 5.69. The van der Waals surface area contributed by atoms with Crippen molar-refractivity contribution in [1.29, 1.82) is 0 Å². The highest BCUT2D eigenvalue weighted by molar-refractivity contribution is 7.07. The molecule has 0 saturated carbocycles. The van der Waals surface area contributed by atoms with Crippen LogP contribution in [-0.2, 0) is 6.42 Å². The van der Waals surface area contributed by atoms with E-state index >= 15 is 0 Å². The van der Waals surface area contributed by atoms with Gasteiger partial charge in [-0.3, -0.25) is 0 Å². The molecule has 100 valence electrons. The van der Waals surface area contributed by atoms with Crippen molar-refractivity contribution in [3.63, 3.8) is 0 Å². The molecular formula is C16H19NOS. The first-order valence-corrected chi connectivity index (χ1v) is 7.81. The summed E-state index contributed by atoms with van der Waals surface area (Å²) in [5.74, 6) is 1.66. The van der Waals surface area contributed by atoms with E-state index < -0.39 is 0 Å². The van der Waals surface area contributed by atoms with E-state index in [-0.39, 0.29) is 0 Å². The van der Waals surface area contributed by atoms with Gasteiger partial charge in [-0.1, -0.05) is 18.2 Å². The van der Waals surface area contributed by atoms with E-state index in [1.807, 2.05) is 6.07 Å². The maximum absolute atomic E-state index is 5.69. The molecule has 2 aromatic rings. The average Bonchev–Trinajstić information content (AvgIpc) is 2.97. The Morgan fingerprint density at radius 1 is 1.26 bits per heavy atom. The summed E-state index contributed by atoms with van der Waals surface area (Å²) >= 11 is 1.77. The SMILES string of the molecule is c1ccc2c(c1)OCCC2CNCCc1ccsc1. The quantitative estimate of drug-likeness (QED) is 0.843. The molecule has 2 heterocycles. The molecule has 1 N–H and O–H groups in total. The lowest BCUT2D eigenvalue weighted by Crippen LogP contribution is -2.27. The Labute approximate surface area is 118 Å². The predicted octanol–water partition coefficient (Wildman–Crippen LogP) is 3.45. The van der Waals surface area contributed by atoms with Gasteiger partial charge < -0.3 is 10.1 Å². The monoisotopic (exact) mass is 273 g/mol. The molecule has 0 saturated heterocycles. The van der Waals surface area contributed by atoms with E-state index in [0.29, 0.717) is 5.92 Å². The first-order chi connectivity index (χ1) is 9.43. The number of fused-ring (bicyclic) bond motifs is 1. The molecule has 1 unspecified atom stereocenters. The maximum Gasteiger partial charge on any atom is 0.122 e. The fourth-order valence-electron chi connectivity index (χ4n) is 2.57. The summed E-state index contributed by atoms with van der Waals surface area (Å²) in [6.07, 6.45) is 2.23. The zero-order valence-corrected chi connectivity index (χ0v) is 11.8. The smallest absolute Gasteiger partial charge is 0.122 e. The normalized spacial score (nSPS) is 17.8.